The molecule has 2 fully saturated rings. The lowest BCUT2D eigenvalue weighted by molar-refractivity contribution is -0.150. The zero-order valence-corrected chi connectivity index (χ0v) is 13.7. The van der Waals surface area contributed by atoms with Crippen LogP contribution in [-0.4, -0.2) is 37.1 Å². The molecule has 0 aromatic heterocycles. The number of esters is 1. The Morgan fingerprint density at radius 1 is 1.27 bits per heavy atom. The Morgan fingerprint density at radius 2 is 1.95 bits per heavy atom. The number of rotatable bonds is 3. The molecule has 2 saturated heterocycles. The number of hydrogen-bond donors (Lipinski definition) is 0. The summed E-state index contributed by atoms with van der Waals surface area (Å²) in [7, 11) is 3.66. The van der Waals surface area contributed by atoms with Gasteiger partial charge in [-0.3, -0.25) is 9.69 Å². The summed E-state index contributed by atoms with van der Waals surface area (Å²) in [6, 6.07) is 9.47. The second-order valence-corrected chi connectivity index (χ2v) is 6.76. The third kappa shape index (κ3) is 2.48. The molecule has 0 aliphatic carbocycles. The van der Waals surface area contributed by atoms with Crippen LogP contribution in [0.2, 0.25) is 0 Å². The van der Waals surface area contributed by atoms with E-state index in [0.29, 0.717) is 12.1 Å². The zero-order valence-electron chi connectivity index (χ0n) is 13.7. The average Bonchev–Trinajstić information content (AvgIpc) is 2.76. The van der Waals surface area contributed by atoms with Gasteiger partial charge in [-0.2, -0.15) is 0 Å². The maximum absolute atomic E-state index is 12.4. The minimum absolute atomic E-state index is 0.0515. The van der Waals surface area contributed by atoms with E-state index in [1.54, 1.807) is 0 Å². The van der Waals surface area contributed by atoms with Crippen molar-refractivity contribution >= 4 is 11.5 Å². The van der Waals surface area contributed by atoms with Gasteiger partial charge in [-0.25, -0.2) is 0 Å². The number of hydrogen-bond acceptors (Lipinski definition) is 3. The van der Waals surface area contributed by atoms with Gasteiger partial charge in [-0.05, 0) is 44.4 Å². The molecule has 0 radical (unpaired) electrons. The minimum Gasteiger partial charge on any atom is -0.469 e. The highest BCUT2D eigenvalue weighted by molar-refractivity contribution is 5.75. The number of methoxy groups -OCH3 is 1. The number of piperidine rings is 1. The Kier molecular flexibility index (Phi) is 4.09. The molecule has 3 heteroatoms. The number of allylic oxidation sites excluding steroid dienone is 1. The highest BCUT2D eigenvalue weighted by Gasteiger charge is 2.49. The van der Waals surface area contributed by atoms with Crippen LogP contribution >= 0.6 is 0 Å². The van der Waals surface area contributed by atoms with E-state index >= 15 is 0 Å². The van der Waals surface area contributed by atoms with E-state index in [1.807, 2.05) is 6.92 Å². The fraction of sp³-hybridized carbons (Fsp3) is 0.526. The SMILES string of the molecule is C=C(C)c1ccc([C@H]2C[C@@H]3CC[C@H]([C@@H]2C(=O)OC)N3C)cc1. The van der Waals surface area contributed by atoms with E-state index in [4.69, 9.17) is 4.74 Å². The van der Waals surface area contributed by atoms with Crippen LogP contribution in [0.1, 0.15) is 43.2 Å². The van der Waals surface area contributed by atoms with Crippen molar-refractivity contribution in [1.82, 2.24) is 4.90 Å². The molecule has 3 nitrogen and oxygen atoms in total. The van der Waals surface area contributed by atoms with Crippen LogP contribution in [0.5, 0.6) is 0 Å². The van der Waals surface area contributed by atoms with Crippen molar-refractivity contribution in [2.75, 3.05) is 14.2 Å². The maximum atomic E-state index is 12.4. The van der Waals surface area contributed by atoms with Crippen molar-refractivity contribution in [1.29, 1.82) is 0 Å². The van der Waals surface area contributed by atoms with E-state index in [9.17, 15) is 4.79 Å². The lowest BCUT2D eigenvalue weighted by atomic mass is 9.76. The van der Waals surface area contributed by atoms with Gasteiger partial charge in [-0.15, -0.1) is 0 Å². The summed E-state index contributed by atoms with van der Waals surface area (Å²) in [5.41, 5.74) is 3.49. The molecule has 2 aliphatic rings. The first-order valence-electron chi connectivity index (χ1n) is 8.08. The Bertz CT molecular complexity index is 578. The van der Waals surface area contributed by atoms with Gasteiger partial charge in [0.1, 0.15) is 0 Å². The molecule has 1 aromatic carbocycles. The van der Waals surface area contributed by atoms with Crippen molar-refractivity contribution in [3.05, 3.63) is 42.0 Å². The number of fused-ring (bicyclic) bond motifs is 2. The molecule has 22 heavy (non-hydrogen) atoms. The third-order valence-corrected chi connectivity index (χ3v) is 5.57. The molecule has 1 aromatic rings. The third-order valence-electron chi connectivity index (χ3n) is 5.57. The second-order valence-electron chi connectivity index (χ2n) is 6.76. The second kappa shape index (κ2) is 5.88. The predicted octanol–water partition coefficient (Wildman–Crippen LogP) is 3.46. The van der Waals surface area contributed by atoms with Crippen LogP contribution in [0.3, 0.4) is 0 Å². The van der Waals surface area contributed by atoms with Gasteiger partial charge >= 0.3 is 5.97 Å². The molecular weight excluding hydrogens is 274 g/mol. The molecule has 0 spiro atoms. The summed E-state index contributed by atoms with van der Waals surface area (Å²) in [6.07, 6.45) is 3.33. The molecule has 0 N–H and O–H groups in total. The first kappa shape index (κ1) is 15.3. The maximum Gasteiger partial charge on any atom is 0.310 e. The fourth-order valence-corrected chi connectivity index (χ4v) is 4.28. The Labute approximate surface area is 133 Å². The summed E-state index contributed by atoms with van der Waals surface area (Å²) in [4.78, 5) is 14.8. The van der Waals surface area contributed by atoms with Crippen molar-refractivity contribution in [3.8, 4) is 0 Å². The van der Waals surface area contributed by atoms with E-state index in [2.05, 4.69) is 42.8 Å². The molecule has 0 amide bonds. The number of carbonyl (C=O) groups is 1. The average molecular weight is 299 g/mol. The number of benzene rings is 1. The van der Waals surface area contributed by atoms with Gasteiger partial charge in [0.05, 0.1) is 13.0 Å². The lowest BCUT2D eigenvalue weighted by Crippen LogP contribution is -2.49. The minimum atomic E-state index is -0.0637. The predicted molar refractivity (Wildman–Crippen MR) is 88.6 cm³/mol. The highest BCUT2D eigenvalue weighted by atomic mass is 16.5. The monoisotopic (exact) mass is 299 g/mol. The van der Waals surface area contributed by atoms with Crippen LogP contribution < -0.4 is 0 Å². The molecule has 0 unspecified atom stereocenters. The van der Waals surface area contributed by atoms with Gasteiger partial charge in [-0.1, -0.05) is 36.4 Å². The first-order valence-corrected chi connectivity index (χ1v) is 8.08. The topological polar surface area (TPSA) is 29.5 Å². The smallest absolute Gasteiger partial charge is 0.310 e. The van der Waals surface area contributed by atoms with Crippen LogP contribution in [0, 0.1) is 5.92 Å². The Morgan fingerprint density at radius 3 is 2.55 bits per heavy atom. The molecule has 4 atom stereocenters. The van der Waals surface area contributed by atoms with Gasteiger partial charge in [0, 0.05) is 18.0 Å². The lowest BCUT2D eigenvalue weighted by Gasteiger charge is -2.41. The summed E-state index contributed by atoms with van der Waals surface area (Å²) >= 11 is 0. The van der Waals surface area contributed by atoms with Gasteiger partial charge in [0.25, 0.3) is 0 Å². The zero-order chi connectivity index (χ0) is 15.9. The van der Waals surface area contributed by atoms with Crippen LogP contribution in [0.15, 0.2) is 30.8 Å². The summed E-state index contributed by atoms with van der Waals surface area (Å²) < 4.78 is 5.12. The summed E-state index contributed by atoms with van der Waals surface area (Å²) in [6.45, 7) is 6.00. The largest absolute Gasteiger partial charge is 0.469 e. The van der Waals surface area contributed by atoms with Gasteiger partial charge in [0.2, 0.25) is 0 Å². The molecule has 2 heterocycles. The first-order chi connectivity index (χ1) is 10.5. The Balaban J connectivity index is 1.93. The molecule has 2 bridgehead atoms. The number of nitrogens with zero attached hydrogens (tertiary/aromatic N) is 1. The van der Waals surface area contributed by atoms with Crippen molar-refractivity contribution < 1.29 is 9.53 Å². The van der Waals surface area contributed by atoms with E-state index in [0.717, 1.165) is 24.0 Å². The van der Waals surface area contributed by atoms with Crippen molar-refractivity contribution in [3.63, 3.8) is 0 Å². The van der Waals surface area contributed by atoms with Gasteiger partial charge in [0.15, 0.2) is 0 Å². The van der Waals surface area contributed by atoms with Crippen molar-refractivity contribution in [2.24, 2.45) is 5.92 Å². The molecule has 3 rings (SSSR count). The number of ether oxygens (including phenoxy) is 1. The van der Waals surface area contributed by atoms with Crippen LogP contribution in [0.25, 0.3) is 5.57 Å². The summed E-state index contributed by atoms with van der Waals surface area (Å²) in [5, 5.41) is 0. The molecule has 0 saturated carbocycles. The number of carbonyl (C=O) groups excluding carboxylic acids is 1. The van der Waals surface area contributed by atoms with E-state index in [-0.39, 0.29) is 17.8 Å². The highest BCUT2D eigenvalue weighted by Crippen LogP contribution is 2.46. The summed E-state index contributed by atoms with van der Waals surface area (Å²) in [5.74, 6) is 0.149. The van der Waals surface area contributed by atoms with E-state index < -0.39 is 0 Å². The quantitative estimate of drug-likeness (QED) is 0.801. The normalized spacial score (nSPS) is 31.0. The van der Waals surface area contributed by atoms with Crippen LogP contribution in [0.4, 0.5) is 0 Å². The van der Waals surface area contributed by atoms with Gasteiger partial charge < -0.3 is 4.74 Å². The molecule has 118 valence electrons. The van der Waals surface area contributed by atoms with E-state index in [1.165, 1.54) is 19.1 Å². The fourth-order valence-electron chi connectivity index (χ4n) is 4.28. The van der Waals surface area contributed by atoms with Crippen LogP contribution in [-0.2, 0) is 9.53 Å². The molecular formula is C19H25NO2. The standard InChI is InChI=1S/C19H25NO2/c1-12(2)13-5-7-14(8-6-13)16-11-15-9-10-17(20(15)3)18(16)19(21)22-4/h5-8,15-18H,1,9-11H2,2-4H3/t15-,16+,17+,18+/m0/s1. The Hall–Kier alpha value is -1.61. The molecule has 2 aliphatic heterocycles. The van der Waals surface area contributed by atoms with Crippen molar-refractivity contribution in [2.45, 2.75) is 44.2 Å².